The van der Waals surface area contributed by atoms with Crippen LogP contribution in [0.1, 0.15) is 19.8 Å². The van der Waals surface area contributed by atoms with Crippen molar-refractivity contribution < 1.29 is 28.6 Å². The van der Waals surface area contributed by atoms with E-state index in [1.807, 2.05) is 6.92 Å². The number of anilines is 2. The molecule has 29 heavy (non-hydrogen) atoms. The van der Waals surface area contributed by atoms with Crippen molar-refractivity contribution in [2.75, 3.05) is 31.0 Å². The molecule has 2 amide bonds. The molecule has 0 radical (unpaired) electrons. The van der Waals surface area contributed by atoms with Gasteiger partial charge >= 0.3 is 5.97 Å². The molecular weight excluding hydrogens is 376 g/mol. The summed E-state index contributed by atoms with van der Waals surface area (Å²) in [6, 6.07) is 13.8. The molecule has 0 fully saturated rings. The predicted octanol–water partition coefficient (Wildman–Crippen LogP) is 2.99. The largest absolute Gasteiger partial charge is 0.495 e. The Balaban J connectivity index is 1.69. The maximum Gasteiger partial charge on any atom is 0.306 e. The smallest absolute Gasteiger partial charge is 0.306 e. The van der Waals surface area contributed by atoms with Crippen LogP contribution in [0.15, 0.2) is 48.5 Å². The number of benzene rings is 2. The average Bonchev–Trinajstić information content (AvgIpc) is 2.73. The van der Waals surface area contributed by atoms with Crippen molar-refractivity contribution >= 4 is 29.2 Å². The Kier molecular flexibility index (Phi) is 8.50. The number of rotatable bonds is 10. The van der Waals surface area contributed by atoms with Crippen LogP contribution in [0.2, 0.25) is 0 Å². The lowest BCUT2D eigenvalue weighted by atomic mass is 10.2. The highest BCUT2D eigenvalue weighted by atomic mass is 16.5. The molecule has 0 saturated heterocycles. The lowest BCUT2D eigenvalue weighted by Gasteiger charge is -2.10. The quantitative estimate of drug-likeness (QED) is 0.595. The highest BCUT2D eigenvalue weighted by molar-refractivity contribution is 5.95. The first kappa shape index (κ1) is 21.7. The van der Waals surface area contributed by atoms with Gasteiger partial charge in [-0.3, -0.25) is 14.4 Å². The van der Waals surface area contributed by atoms with Crippen LogP contribution in [0.3, 0.4) is 0 Å². The van der Waals surface area contributed by atoms with Gasteiger partial charge in [0.2, 0.25) is 5.91 Å². The Bertz CT molecular complexity index is 835. The van der Waals surface area contributed by atoms with Crippen LogP contribution in [-0.4, -0.2) is 38.1 Å². The van der Waals surface area contributed by atoms with Crippen LogP contribution < -0.4 is 20.1 Å². The van der Waals surface area contributed by atoms with E-state index in [1.54, 1.807) is 48.5 Å². The molecule has 8 nitrogen and oxygen atoms in total. The van der Waals surface area contributed by atoms with E-state index in [0.717, 1.165) is 0 Å². The van der Waals surface area contributed by atoms with E-state index in [9.17, 15) is 14.4 Å². The van der Waals surface area contributed by atoms with Gasteiger partial charge in [0.25, 0.3) is 5.91 Å². The second-order valence-electron chi connectivity index (χ2n) is 5.91. The zero-order valence-corrected chi connectivity index (χ0v) is 16.4. The molecule has 2 N–H and O–H groups in total. The van der Waals surface area contributed by atoms with Gasteiger partial charge in [0.15, 0.2) is 6.61 Å². The number of nitrogens with one attached hydrogen (secondary N) is 2. The standard InChI is InChI=1S/C21H24N2O6/c1-3-28-16-10-8-15(9-11-16)22-19(24)12-13-21(26)29-14-20(25)23-17-6-4-5-7-18(17)27-2/h4-11H,3,12-14H2,1-2H3,(H,22,24)(H,23,25). The van der Waals surface area contributed by atoms with Gasteiger partial charge in [-0.2, -0.15) is 0 Å². The summed E-state index contributed by atoms with van der Waals surface area (Å²) in [7, 11) is 1.49. The van der Waals surface area contributed by atoms with Gasteiger partial charge in [-0.25, -0.2) is 0 Å². The molecule has 154 valence electrons. The van der Waals surface area contributed by atoms with E-state index in [-0.39, 0.29) is 18.7 Å². The SMILES string of the molecule is CCOc1ccc(NC(=O)CCC(=O)OCC(=O)Nc2ccccc2OC)cc1. The van der Waals surface area contributed by atoms with E-state index in [1.165, 1.54) is 7.11 Å². The molecule has 0 heterocycles. The lowest BCUT2D eigenvalue weighted by molar-refractivity contribution is -0.147. The van der Waals surface area contributed by atoms with Crippen LogP contribution in [0.5, 0.6) is 11.5 Å². The average molecular weight is 400 g/mol. The van der Waals surface area contributed by atoms with Gasteiger partial charge in [-0.05, 0) is 43.3 Å². The molecule has 8 heteroatoms. The Hall–Kier alpha value is -3.55. The Morgan fingerprint density at radius 3 is 2.31 bits per heavy atom. The number of para-hydroxylation sites is 2. The van der Waals surface area contributed by atoms with Gasteiger partial charge in [0, 0.05) is 12.1 Å². The summed E-state index contributed by atoms with van der Waals surface area (Å²) in [5.74, 6) is -0.257. The second-order valence-corrected chi connectivity index (χ2v) is 5.91. The molecule has 2 aromatic carbocycles. The normalized spacial score (nSPS) is 10.0. The van der Waals surface area contributed by atoms with Crippen LogP contribution in [0, 0.1) is 0 Å². The number of methoxy groups -OCH3 is 1. The third-order valence-corrected chi connectivity index (χ3v) is 3.75. The third kappa shape index (κ3) is 7.53. The van der Waals surface area contributed by atoms with E-state index in [4.69, 9.17) is 14.2 Å². The minimum atomic E-state index is -0.637. The van der Waals surface area contributed by atoms with Crippen LogP contribution in [0.25, 0.3) is 0 Å². The Labute approximate surface area is 169 Å². The molecule has 2 aromatic rings. The summed E-state index contributed by atoms with van der Waals surface area (Å²) in [4.78, 5) is 35.6. The van der Waals surface area contributed by atoms with Crippen LogP contribution in [0.4, 0.5) is 11.4 Å². The van der Waals surface area contributed by atoms with E-state index >= 15 is 0 Å². The van der Waals surface area contributed by atoms with Crippen LogP contribution in [-0.2, 0) is 19.1 Å². The second kappa shape index (κ2) is 11.3. The molecule has 0 aromatic heterocycles. The van der Waals surface area contributed by atoms with Gasteiger partial charge in [-0.1, -0.05) is 12.1 Å². The van der Waals surface area contributed by atoms with Crippen molar-refractivity contribution in [2.24, 2.45) is 0 Å². The minimum Gasteiger partial charge on any atom is -0.495 e. The Morgan fingerprint density at radius 2 is 1.62 bits per heavy atom. The van der Waals surface area contributed by atoms with Gasteiger partial charge in [-0.15, -0.1) is 0 Å². The first-order chi connectivity index (χ1) is 14.0. The number of carbonyl (C=O) groups excluding carboxylic acids is 3. The maximum absolute atomic E-state index is 11.9. The topological polar surface area (TPSA) is 103 Å². The fourth-order valence-electron chi connectivity index (χ4n) is 2.39. The first-order valence-electron chi connectivity index (χ1n) is 9.13. The number of esters is 1. The van der Waals surface area contributed by atoms with Crippen molar-refractivity contribution in [1.29, 1.82) is 0 Å². The van der Waals surface area contributed by atoms with Crippen molar-refractivity contribution in [3.05, 3.63) is 48.5 Å². The molecule has 0 saturated carbocycles. The molecule has 0 aliphatic rings. The zero-order chi connectivity index (χ0) is 21.1. The fourth-order valence-corrected chi connectivity index (χ4v) is 2.39. The van der Waals surface area contributed by atoms with Crippen LogP contribution >= 0.6 is 0 Å². The summed E-state index contributed by atoms with van der Waals surface area (Å²) in [5, 5.41) is 5.28. The van der Waals surface area contributed by atoms with Crippen molar-refractivity contribution in [3.63, 3.8) is 0 Å². The van der Waals surface area contributed by atoms with E-state index < -0.39 is 18.5 Å². The highest BCUT2D eigenvalue weighted by Crippen LogP contribution is 2.22. The molecule has 0 aliphatic heterocycles. The zero-order valence-electron chi connectivity index (χ0n) is 16.4. The lowest BCUT2D eigenvalue weighted by Crippen LogP contribution is -2.22. The third-order valence-electron chi connectivity index (χ3n) is 3.75. The number of amides is 2. The summed E-state index contributed by atoms with van der Waals surface area (Å²) >= 11 is 0. The van der Waals surface area contributed by atoms with Gasteiger partial charge in [0.05, 0.1) is 25.8 Å². The Morgan fingerprint density at radius 1 is 0.897 bits per heavy atom. The number of carbonyl (C=O) groups is 3. The van der Waals surface area contributed by atoms with Crippen molar-refractivity contribution in [2.45, 2.75) is 19.8 Å². The van der Waals surface area contributed by atoms with Crippen molar-refractivity contribution in [1.82, 2.24) is 0 Å². The molecule has 0 unspecified atom stereocenters. The number of ether oxygens (including phenoxy) is 3. The monoisotopic (exact) mass is 400 g/mol. The first-order valence-corrected chi connectivity index (χ1v) is 9.13. The summed E-state index contributed by atoms with van der Waals surface area (Å²) in [5.41, 5.74) is 1.08. The molecular formula is C21H24N2O6. The molecule has 0 spiro atoms. The molecule has 2 rings (SSSR count). The maximum atomic E-state index is 11.9. The van der Waals surface area contributed by atoms with Crippen molar-refractivity contribution in [3.8, 4) is 11.5 Å². The van der Waals surface area contributed by atoms with E-state index in [2.05, 4.69) is 10.6 Å². The van der Waals surface area contributed by atoms with Gasteiger partial charge < -0.3 is 24.8 Å². The molecule has 0 atom stereocenters. The number of hydrogen-bond acceptors (Lipinski definition) is 6. The summed E-state index contributed by atoms with van der Waals surface area (Å²) in [6.45, 7) is 2.00. The highest BCUT2D eigenvalue weighted by Gasteiger charge is 2.12. The summed E-state index contributed by atoms with van der Waals surface area (Å²) < 4.78 is 15.4. The predicted molar refractivity (Wildman–Crippen MR) is 108 cm³/mol. The van der Waals surface area contributed by atoms with E-state index in [0.29, 0.717) is 29.5 Å². The minimum absolute atomic E-state index is 0.0554. The van der Waals surface area contributed by atoms with Gasteiger partial charge in [0.1, 0.15) is 11.5 Å². The summed E-state index contributed by atoms with van der Waals surface area (Å²) in [6.07, 6.45) is -0.190. The molecule has 0 bridgehead atoms. The fraction of sp³-hybridized carbons (Fsp3) is 0.286. The number of hydrogen-bond donors (Lipinski definition) is 2. The molecule has 0 aliphatic carbocycles.